The second-order valence-corrected chi connectivity index (χ2v) is 6.87. The summed E-state index contributed by atoms with van der Waals surface area (Å²) in [5.74, 6) is 0.517. The van der Waals surface area contributed by atoms with Crippen LogP contribution >= 0.6 is 0 Å². The van der Waals surface area contributed by atoms with Crippen LogP contribution in [-0.2, 0) is 17.9 Å². The number of nitrogens with one attached hydrogen (secondary N) is 1. The van der Waals surface area contributed by atoms with Crippen LogP contribution in [0.2, 0.25) is 0 Å². The molecule has 4 rings (SSSR count). The minimum Gasteiger partial charge on any atom is -0.316 e. The number of rotatable bonds is 2. The third kappa shape index (κ3) is 3.38. The topological polar surface area (TPSA) is 90.8 Å². The van der Waals surface area contributed by atoms with Crippen molar-refractivity contribution in [1.29, 1.82) is 0 Å². The van der Waals surface area contributed by atoms with Crippen molar-refractivity contribution in [3.63, 3.8) is 0 Å². The van der Waals surface area contributed by atoms with Gasteiger partial charge < -0.3 is 4.90 Å². The predicted octanol–water partition coefficient (Wildman–Crippen LogP) is 2.23. The summed E-state index contributed by atoms with van der Waals surface area (Å²) in [4.78, 5) is 34.4. The van der Waals surface area contributed by atoms with Crippen molar-refractivity contribution >= 4 is 23.5 Å². The molecule has 0 saturated heterocycles. The summed E-state index contributed by atoms with van der Waals surface area (Å²) in [6, 6.07) is 5.36. The zero-order chi connectivity index (χ0) is 19.0. The lowest BCUT2D eigenvalue weighted by Gasteiger charge is -2.24. The second kappa shape index (κ2) is 6.79. The maximum absolute atomic E-state index is 12.5. The quantitative estimate of drug-likeness (QED) is 0.885. The van der Waals surface area contributed by atoms with Gasteiger partial charge in [-0.05, 0) is 29.3 Å². The van der Waals surface area contributed by atoms with E-state index >= 15 is 0 Å². The minimum atomic E-state index is -0.194. The number of anilines is 1. The molecule has 4 heterocycles. The van der Waals surface area contributed by atoms with Crippen molar-refractivity contribution < 1.29 is 9.59 Å². The molecule has 1 N–H and O–H groups in total. The summed E-state index contributed by atoms with van der Waals surface area (Å²) < 4.78 is 0. The molecule has 1 atom stereocenters. The van der Waals surface area contributed by atoms with Gasteiger partial charge in [-0.25, -0.2) is 14.8 Å². The van der Waals surface area contributed by atoms with Crippen molar-refractivity contribution in [2.75, 3.05) is 12.4 Å². The zero-order valence-electron chi connectivity index (χ0n) is 15.2. The molecule has 2 aromatic heterocycles. The molecule has 138 valence electrons. The lowest BCUT2D eigenvalue weighted by atomic mass is 9.95. The lowest BCUT2D eigenvalue weighted by molar-refractivity contribution is -0.131. The Morgan fingerprint density at radius 2 is 2.00 bits per heavy atom. The number of aromatic nitrogens is 2. The maximum Gasteiger partial charge on any atom is 0.323 e. The average Bonchev–Trinajstić information content (AvgIpc) is 3.10. The van der Waals surface area contributed by atoms with Gasteiger partial charge in [0.25, 0.3) is 0 Å². The van der Waals surface area contributed by atoms with Gasteiger partial charge in [-0.3, -0.25) is 15.1 Å². The van der Waals surface area contributed by atoms with Gasteiger partial charge in [0.15, 0.2) is 0 Å². The fraction of sp³-hybridized carbons (Fsp3) is 0.316. The van der Waals surface area contributed by atoms with Crippen molar-refractivity contribution in [2.45, 2.75) is 26.4 Å². The first kappa shape index (κ1) is 17.1. The molecule has 8 heteroatoms. The van der Waals surface area contributed by atoms with E-state index in [2.05, 4.69) is 20.4 Å². The van der Waals surface area contributed by atoms with Gasteiger partial charge in [-0.2, -0.15) is 5.10 Å². The Bertz CT molecular complexity index is 899. The molecule has 0 aliphatic carbocycles. The molecule has 8 nitrogen and oxygen atoms in total. The molecule has 1 unspecified atom stereocenters. The predicted molar refractivity (Wildman–Crippen MR) is 99.8 cm³/mol. The first-order chi connectivity index (χ1) is 13.0. The Balaban J connectivity index is 1.44. The third-order valence-corrected chi connectivity index (χ3v) is 4.87. The Kier molecular flexibility index (Phi) is 4.31. The van der Waals surface area contributed by atoms with Gasteiger partial charge >= 0.3 is 6.03 Å². The van der Waals surface area contributed by atoms with Crippen molar-refractivity contribution in [2.24, 2.45) is 11.0 Å². The molecule has 27 heavy (non-hydrogen) atoms. The molecule has 0 aromatic carbocycles. The molecule has 2 aromatic rings. The maximum atomic E-state index is 12.5. The summed E-state index contributed by atoms with van der Waals surface area (Å²) in [5, 5.41) is 8.54. The molecule has 2 aliphatic heterocycles. The number of carbonyl (C=O) groups excluding carboxylic acids is 2. The van der Waals surface area contributed by atoms with Crippen LogP contribution in [0.15, 0.2) is 41.9 Å². The molecule has 0 spiro atoms. The molecule has 2 aliphatic rings. The zero-order valence-corrected chi connectivity index (χ0v) is 15.2. The Hall–Kier alpha value is -3.29. The van der Waals surface area contributed by atoms with E-state index in [0.717, 1.165) is 22.4 Å². The lowest BCUT2D eigenvalue weighted by Crippen LogP contribution is -2.33. The van der Waals surface area contributed by atoms with E-state index in [1.54, 1.807) is 36.6 Å². The number of urea groups is 1. The third-order valence-electron chi connectivity index (χ3n) is 4.87. The van der Waals surface area contributed by atoms with Gasteiger partial charge in [0, 0.05) is 56.6 Å². The number of fused-ring (bicyclic) bond motifs is 1. The molecular formula is C19H20N6O2. The number of hydrogen-bond donors (Lipinski definition) is 1. The Morgan fingerprint density at radius 3 is 2.74 bits per heavy atom. The van der Waals surface area contributed by atoms with E-state index in [1.807, 2.05) is 19.1 Å². The van der Waals surface area contributed by atoms with Crippen LogP contribution < -0.4 is 5.32 Å². The van der Waals surface area contributed by atoms with E-state index in [0.29, 0.717) is 25.3 Å². The fourth-order valence-corrected chi connectivity index (χ4v) is 3.32. The van der Waals surface area contributed by atoms with Crippen LogP contribution in [0.5, 0.6) is 0 Å². The number of hydrogen-bond acceptors (Lipinski definition) is 5. The second-order valence-electron chi connectivity index (χ2n) is 6.87. The highest BCUT2D eigenvalue weighted by atomic mass is 16.2. The molecule has 0 bridgehead atoms. The highest BCUT2D eigenvalue weighted by Gasteiger charge is 2.26. The van der Waals surface area contributed by atoms with Crippen molar-refractivity contribution in [1.82, 2.24) is 19.9 Å². The largest absolute Gasteiger partial charge is 0.323 e. The number of hydrazone groups is 1. The molecule has 3 amide bonds. The first-order valence-corrected chi connectivity index (χ1v) is 8.80. The van der Waals surface area contributed by atoms with Crippen LogP contribution in [0.1, 0.15) is 30.0 Å². The van der Waals surface area contributed by atoms with Gasteiger partial charge in [0.1, 0.15) is 5.82 Å². The van der Waals surface area contributed by atoms with Crippen LogP contribution in [-0.4, -0.2) is 44.6 Å². The molecule has 0 radical (unpaired) electrons. The van der Waals surface area contributed by atoms with E-state index < -0.39 is 0 Å². The summed E-state index contributed by atoms with van der Waals surface area (Å²) in [6.07, 6.45) is 5.64. The van der Waals surface area contributed by atoms with E-state index in [-0.39, 0.29) is 17.9 Å². The number of amides is 3. The average molecular weight is 364 g/mol. The smallest absolute Gasteiger partial charge is 0.316 e. The van der Waals surface area contributed by atoms with Crippen LogP contribution in [0.3, 0.4) is 0 Å². The number of carbonyl (C=O) groups is 2. The van der Waals surface area contributed by atoms with E-state index in [9.17, 15) is 9.59 Å². The number of pyridine rings is 2. The van der Waals surface area contributed by atoms with Gasteiger partial charge in [-0.15, -0.1) is 0 Å². The van der Waals surface area contributed by atoms with Gasteiger partial charge in [0.05, 0.1) is 5.71 Å². The van der Waals surface area contributed by atoms with E-state index in [1.165, 1.54) is 5.01 Å². The highest BCUT2D eigenvalue weighted by Crippen LogP contribution is 2.23. The number of nitrogens with zero attached hydrogens (tertiary/aromatic N) is 5. The van der Waals surface area contributed by atoms with Crippen LogP contribution in [0, 0.1) is 5.92 Å². The van der Waals surface area contributed by atoms with Crippen molar-refractivity contribution in [3.8, 4) is 0 Å². The molecule has 0 fully saturated rings. The first-order valence-electron chi connectivity index (χ1n) is 8.80. The van der Waals surface area contributed by atoms with E-state index in [4.69, 9.17) is 0 Å². The van der Waals surface area contributed by atoms with Gasteiger partial charge in [0.2, 0.25) is 5.91 Å². The summed E-state index contributed by atoms with van der Waals surface area (Å²) in [6.45, 7) is 3.08. The fourth-order valence-electron chi connectivity index (χ4n) is 3.32. The van der Waals surface area contributed by atoms with Crippen molar-refractivity contribution in [3.05, 3.63) is 53.5 Å². The normalized spacial score (nSPS) is 19.0. The SMILES string of the molecule is CC1CC(=O)N(C)N=C1c1ccc(NC(=O)N2Cc3ccncc3C2)nc1. The van der Waals surface area contributed by atoms with Crippen LogP contribution in [0.25, 0.3) is 0 Å². The minimum absolute atomic E-state index is 0.00454. The Morgan fingerprint density at radius 1 is 1.19 bits per heavy atom. The standard InChI is InChI=1S/C19H20N6O2/c1-12-7-17(26)24(2)23-18(12)13-3-4-16(21-9-13)22-19(27)25-10-14-5-6-20-8-15(14)11-25/h3-6,8-9,12H,7,10-11H2,1-2H3,(H,21,22,27). The molecular weight excluding hydrogens is 344 g/mol. The van der Waals surface area contributed by atoms with Crippen LogP contribution in [0.4, 0.5) is 10.6 Å². The summed E-state index contributed by atoms with van der Waals surface area (Å²) >= 11 is 0. The summed E-state index contributed by atoms with van der Waals surface area (Å²) in [7, 11) is 1.65. The monoisotopic (exact) mass is 364 g/mol. The summed E-state index contributed by atoms with van der Waals surface area (Å²) in [5.41, 5.74) is 3.86. The Labute approximate surface area is 156 Å². The molecule has 0 saturated carbocycles. The highest BCUT2D eigenvalue weighted by molar-refractivity contribution is 6.05. The van der Waals surface area contributed by atoms with Gasteiger partial charge in [-0.1, -0.05) is 6.92 Å².